The first-order valence-electron chi connectivity index (χ1n) is 9.11. The van der Waals surface area contributed by atoms with Gasteiger partial charge in [-0.25, -0.2) is 0 Å². The standard InChI is InChI=1S/C21H28N2O2/c1-16-11-19(13-23-9-6-18(14-24)7-10-23)12-17(2)21(16)25-15-20-5-3-4-8-22-20/h3-5,8,11-12,18,24H,6-7,9-10,13-15H2,1-2H3. The summed E-state index contributed by atoms with van der Waals surface area (Å²) in [4.78, 5) is 6.79. The van der Waals surface area contributed by atoms with E-state index in [-0.39, 0.29) is 0 Å². The van der Waals surface area contributed by atoms with Gasteiger partial charge in [-0.1, -0.05) is 18.2 Å². The molecule has 0 bridgehead atoms. The Morgan fingerprint density at radius 2 is 1.88 bits per heavy atom. The second-order valence-electron chi connectivity index (χ2n) is 7.07. The summed E-state index contributed by atoms with van der Waals surface area (Å²) in [7, 11) is 0. The van der Waals surface area contributed by atoms with Crippen molar-refractivity contribution in [2.75, 3.05) is 19.7 Å². The van der Waals surface area contributed by atoms with Gasteiger partial charge in [0.25, 0.3) is 0 Å². The van der Waals surface area contributed by atoms with E-state index in [0.29, 0.717) is 19.1 Å². The molecular formula is C21H28N2O2. The summed E-state index contributed by atoms with van der Waals surface area (Å²) in [5.41, 5.74) is 4.63. The molecule has 25 heavy (non-hydrogen) atoms. The van der Waals surface area contributed by atoms with Gasteiger partial charge in [-0.2, -0.15) is 0 Å². The van der Waals surface area contributed by atoms with Crippen LogP contribution in [0.3, 0.4) is 0 Å². The number of aliphatic hydroxyl groups is 1. The van der Waals surface area contributed by atoms with Gasteiger partial charge in [0.2, 0.25) is 0 Å². The number of rotatable bonds is 6. The van der Waals surface area contributed by atoms with Gasteiger partial charge in [-0.05, 0) is 74.5 Å². The largest absolute Gasteiger partial charge is 0.487 e. The topological polar surface area (TPSA) is 45.6 Å². The second-order valence-corrected chi connectivity index (χ2v) is 7.07. The Balaban J connectivity index is 1.62. The molecule has 3 rings (SSSR count). The van der Waals surface area contributed by atoms with Gasteiger partial charge >= 0.3 is 0 Å². The number of ether oxygens (including phenoxy) is 1. The Bertz CT molecular complexity index is 657. The predicted octanol–water partition coefficient (Wildman–Crippen LogP) is 3.48. The molecule has 0 spiro atoms. The number of aliphatic hydroxyl groups excluding tert-OH is 1. The van der Waals surface area contributed by atoms with Gasteiger partial charge < -0.3 is 9.84 Å². The molecule has 4 heteroatoms. The fraction of sp³-hybridized carbons (Fsp3) is 0.476. The Hall–Kier alpha value is -1.91. The summed E-state index contributed by atoms with van der Waals surface area (Å²) < 4.78 is 6.02. The summed E-state index contributed by atoms with van der Waals surface area (Å²) in [5, 5.41) is 9.27. The molecule has 1 fully saturated rings. The van der Waals surface area contributed by atoms with Gasteiger partial charge in [-0.3, -0.25) is 9.88 Å². The molecule has 0 unspecified atom stereocenters. The molecule has 1 aliphatic rings. The zero-order valence-corrected chi connectivity index (χ0v) is 15.2. The minimum atomic E-state index is 0.328. The lowest BCUT2D eigenvalue weighted by Gasteiger charge is -2.31. The molecule has 134 valence electrons. The maximum atomic E-state index is 9.27. The van der Waals surface area contributed by atoms with Gasteiger partial charge in [0.1, 0.15) is 12.4 Å². The lowest BCUT2D eigenvalue weighted by atomic mass is 9.97. The molecule has 1 saturated heterocycles. The molecule has 2 heterocycles. The number of benzene rings is 1. The van der Waals surface area contributed by atoms with Crippen molar-refractivity contribution in [3.05, 3.63) is 58.9 Å². The SMILES string of the molecule is Cc1cc(CN2CCC(CO)CC2)cc(C)c1OCc1ccccn1. The van der Waals surface area contributed by atoms with Crippen molar-refractivity contribution in [1.82, 2.24) is 9.88 Å². The molecule has 0 radical (unpaired) electrons. The molecule has 4 nitrogen and oxygen atoms in total. The number of nitrogens with zero attached hydrogens (tertiary/aromatic N) is 2. The van der Waals surface area contributed by atoms with Crippen molar-refractivity contribution in [2.45, 2.75) is 39.8 Å². The average molecular weight is 340 g/mol. The highest BCUT2D eigenvalue weighted by molar-refractivity contribution is 5.43. The summed E-state index contributed by atoms with van der Waals surface area (Å²) in [5.74, 6) is 1.45. The Morgan fingerprint density at radius 1 is 1.16 bits per heavy atom. The number of hydrogen-bond acceptors (Lipinski definition) is 4. The van der Waals surface area contributed by atoms with Gasteiger partial charge in [-0.15, -0.1) is 0 Å². The number of aryl methyl sites for hydroxylation is 2. The van der Waals surface area contributed by atoms with Crippen LogP contribution in [0.25, 0.3) is 0 Å². The highest BCUT2D eigenvalue weighted by atomic mass is 16.5. The van der Waals surface area contributed by atoms with Crippen LogP contribution >= 0.6 is 0 Å². The molecule has 1 aromatic heterocycles. The van der Waals surface area contributed by atoms with Crippen molar-refractivity contribution in [2.24, 2.45) is 5.92 Å². The van der Waals surface area contributed by atoms with Crippen molar-refractivity contribution in [1.29, 1.82) is 0 Å². The smallest absolute Gasteiger partial charge is 0.130 e. The van der Waals surface area contributed by atoms with Crippen LogP contribution < -0.4 is 4.74 Å². The van der Waals surface area contributed by atoms with E-state index in [1.54, 1.807) is 6.20 Å². The zero-order chi connectivity index (χ0) is 17.6. The minimum Gasteiger partial charge on any atom is -0.487 e. The summed E-state index contributed by atoms with van der Waals surface area (Å²) in [6.45, 7) is 8.16. The highest BCUT2D eigenvalue weighted by Gasteiger charge is 2.19. The first-order valence-corrected chi connectivity index (χ1v) is 9.11. The third kappa shape index (κ3) is 4.80. The van der Waals surface area contributed by atoms with Crippen LogP contribution in [0.15, 0.2) is 36.5 Å². The molecule has 2 aromatic rings. The Kier molecular flexibility index (Phi) is 6.05. The fourth-order valence-electron chi connectivity index (χ4n) is 3.57. The zero-order valence-electron chi connectivity index (χ0n) is 15.2. The van der Waals surface area contributed by atoms with Crippen molar-refractivity contribution in [3.8, 4) is 5.75 Å². The molecule has 1 N–H and O–H groups in total. The fourth-order valence-corrected chi connectivity index (χ4v) is 3.57. The molecular weight excluding hydrogens is 312 g/mol. The summed E-state index contributed by atoms with van der Waals surface area (Å²) >= 11 is 0. The number of likely N-dealkylation sites (tertiary alicyclic amines) is 1. The number of hydrogen-bond donors (Lipinski definition) is 1. The third-order valence-electron chi connectivity index (χ3n) is 4.98. The van der Waals surface area contributed by atoms with E-state index in [0.717, 1.165) is 43.9 Å². The lowest BCUT2D eigenvalue weighted by Crippen LogP contribution is -2.34. The molecule has 1 aliphatic heterocycles. The van der Waals surface area contributed by atoms with Gasteiger partial charge in [0, 0.05) is 19.3 Å². The van der Waals surface area contributed by atoms with Crippen LogP contribution in [0.5, 0.6) is 5.75 Å². The maximum absolute atomic E-state index is 9.27. The maximum Gasteiger partial charge on any atom is 0.130 e. The normalized spacial score (nSPS) is 16.1. The first kappa shape index (κ1) is 17.9. The molecule has 0 saturated carbocycles. The first-order chi connectivity index (χ1) is 12.2. The third-order valence-corrected chi connectivity index (χ3v) is 4.98. The monoisotopic (exact) mass is 340 g/mol. The number of piperidine rings is 1. The van der Waals surface area contributed by atoms with Crippen LogP contribution in [0.2, 0.25) is 0 Å². The lowest BCUT2D eigenvalue weighted by molar-refractivity contribution is 0.127. The van der Waals surface area contributed by atoms with E-state index >= 15 is 0 Å². The minimum absolute atomic E-state index is 0.328. The number of aromatic nitrogens is 1. The molecule has 1 aromatic carbocycles. The Labute approximate surface area is 150 Å². The molecule has 0 amide bonds. The van der Waals surface area contributed by atoms with E-state index in [1.165, 1.54) is 16.7 Å². The van der Waals surface area contributed by atoms with Gasteiger partial charge in [0.05, 0.1) is 5.69 Å². The van der Waals surface area contributed by atoms with E-state index in [1.807, 2.05) is 18.2 Å². The van der Waals surface area contributed by atoms with E-state index < -0.39 is 0 Å². The quantitative estimate of drug-likeness (QED) is 0.874. The molecule has 0 aliphatic carbocycles. The van der Waals surface area contributed by atoms with Crippen molar-refractivity contribution in [3.63, 3.8) is 0 Å². The van der Waals surface area contributed by atoms with Crippen LogP contribution in [0.4, 0.5) is 0 Å². The summed E-state index contributed by atoms with van der Waals surface area (Å²) in [6.07, 6.45) is 3.99. The highest BCUT2D eigenvalue weighted by Crippen LogP contribution is 2.27. The van der Waals surface area contributed by atoms with Crippen LogP contribution in [0, 0.1) is 19.8 Å². The van der Waals surface area contributed by atoms with E-state index in [2.05, 4.69) is 35.9 Å². The van der Waals surface area contributed by atoms with Gasteiger partial charge in [0.15, 0.2) is 0 Å². The molecule has 0 atom stereocenters. The van der Waals surface area contributed by atoms with Crippen LogP contribution in [-0.4, -0.2) is 34.7 Å². The average Bonchev–Trinajstić information content (AvgIpc) is 2.62. The number of pyridine rings is 1. The second kappa shape index (κ2) is 8.45. The predicted molar refractivity (Wildman–Crippen MR) is 99.6 cm³/mol. The van der Waals surface area contributed by atoms with Crippen LogP contribution in [0.1, 0.15) is 35.2 Å². The van der Waals surface area contributed by atoms with Crippen molar-refractivity contribution < 1.29 is 9.84 Å². The van der Waals surface area contributed by atoms with Crippen molar-refractivity contribution >= 4 is 0 Å². The van der Waals surface area contributed by atoms with E-state index in [9.17, 15) is 5.11 Å². The Morgan fingerprint density at radius 3 is 2.48 bits per heavy atom. The van der Waals surface area contributed by atoms with E-state index in [4.69, 9.17) is 4.74 Å². The summed E-state index contributed by atoms with van der Waals surface area (Å²) in [6, 6.07) is 10.3. The van der Waals surface area contributed by atoms with Crippen LogP contribution in [-0.2, 0) is 13.2 Å².